The first-order chi connectivity index (χ1) is 13.4. The van der Waals surface area contributed by atoms with E-state index in [9.17, 15) is 14.5 Å². The van der Waals surface area contributed by atoms with E-state index in [1.807, 2.05) is 11.9 Å². The smallest absolute Gasteiger partial charge is 0.288 e. The van der Waals surface area contributed by atoms with Gasteiger partial charge in [-0.1, -0.05) is 12.1 Å². The van der Waals surface area contributed by atoms with Crippen molar-refractivity contribution in [2.24, 2.45) is 0 Å². The van der Waals surface area contributed by atoms with Crippen LogP contribution in [0.5, 0.6) is 5.75 Å². The average molecular weight is 404 g/mol. The lowest BCUT2D eigenvalue weighted by molar-refractivity contribution is -0.384. The molecule has 2 aromatic carbocycles. The van der Waals surface area contributed by atoms with Crippen molar-refractivity contribution in [2.45, 2.75) is 13.2 Å². The second-order valence-corrected chi connectivity index (χ2v) is 6.45. The fourth-order valence-corrected chi connectivity index (χ4v) is 2.84. The summed E-state index contributed by atoms with van der Waals surface area (Å²) in [4.78, 5) is 12.4. The zero-order valence-electron chi connectivity index (χ0n) is 15.2. The summed E-state index contributed by atoms with van der Waals surface area (Å²) in [6.07, 6.45) is 0. The third-order valence-corrected chi connectivity index (χ3v) is 4.25. The molecule has 8 nitrogen and oxygen atoms in total. The van der Waals surface area contributed by atoms with Crippen molar-refractivity contribution < 1.29 is 18.5 Å². The second-order valence-electron chi connectivity index (χ2n) is 6.10. The van der Waals surface area contributed by atoms with Gasteiger partial charge >= 0.3 is 0 Å². The van der Waals surface area contributed by atoms with Crippen LogP contribution in [0.3, 0.4) is 0 Å². The average Bonchev–Trinajstić information content (AvgIpc) is 3.02. The maximum Gasteiger partial charge on any atom is 0.288 e. The molecule has 146 valence electrons. The summed E-state index contributed by atoms with van der Waals surface area (Å²) in [5.74, 6) is -0.0521. The van der Waals surface area contributed by atoms with E-state index in [1.54, 1.807) is 24.3 Å². The normalized spacial score (nSPS) is 11.0. The van der Waals surface area contributed by atoms with Gasteiger partial charge in [-0.15, -0.1) is 5.10 Å². The van der Waals surface area contributed by atoms with Gasteiger partial charge in [0.2, 0.25) is 5.89 Å². The van der Waals surface area contributed by atoms with Crippen molar-refractivity contribution in [1.29, 1.82) is 0 Å². The van der Waals surface area contributed by atoms with Gasteiger partial charge in [-0.2, -0.15) is 0 Å². The first kappa shape index (κ1) is 19.6. The lowest BCUT2D eigenvalue weighted by Crippen LogP contribution is -2.22. The lowest BCUT2D eigenvalue weighted by atomic mass is 10.2. The molecular formula is C18H17FN4O4S. The Labute approximate surface area is 164 Å². The van der Waals surface area contributed by atoms with Gasteiger partial charge in [0.15, 0.2) is 11.6 Å². The third-order valence-electron chi connectivity index (χ3n) is 3.95. The molecule has 0 N–H and O–H groups in total. The summed E-state index contributed by atoms with van der Waals surface area (Å²) in [6, 6.07) is 10.7. The minimum Gasteiger partial charge on any atom is -0.494 e. The van der Waals surface area contributed by atoms with Crippen LogP contribution >= 0.6 is 12.2 Å². The van der Waals surface area contributed by atoms with Crippen molar-refractivity contribution in [3.8, 4) is 17.2 Å². The zero-order chi connectivity index (χ0) is 20.3. The molecule has 0 saturated heterocycles. The Morgan fingerprint density at radius 3 is 2.82 bits per heavy atom. The number of nitro benzene ring substituents is 1. The number of hydrogen-bond donors (Lipinski definition) is 0. The van der Waals surface area contributed by atoms with Gasteiger partial charge in [0.25, 0.3) is 10.5 Å². The molecule has 3 aromatic rings. The number of methoxy groups -OCH3 is 1. The summed E-state index contributed by atoms with van der Waals surface area (Å²) in [5.41, 5.74) is 1.15. The van der Waals surface area contributed by atoms with Crippen molar-refractivity contribution >= 4 is 17.9 Å². The minimum absolute atomic E-state index is 0.0631. The highest BCUT2D eigenvalue weighted by molar-refractivity contribution is 7.71. The zero-order valence-corrected chi connectivity index (χ0v) is 16.0. The number of non-ortho nitro benzene ring substituents is 1. The van der Waals surface area contributed by atoms with Gasteiger partial charge in [-0.3, -0.25) is 15.0 Å². The Kier molecular flexibility index (Phi) is 5.81. The highest BCUT2D eigenvalue weighted by atomic mass is 32.1. The van der Waals surface area contributed by atoms with Gasteiger partial charge in [0.1, 0.15) is 0 Å². The lowest BCUT2D eigenvalue weighted by Gasteiger charge is -2.16. The third kappa shape index (κ3) is 4.41. The SMILES string of the molecule is COc1ccc(CN(C)Cn2nc(-c3cccc([N+](=O)[O-])c3)oc2=S)cc1F. The van der Waals surface area contributed by atoms with Crippen molar-refractivity contribution in [1.82, 2.24) is 14.7 Å². The monoisotopic (exact) mass is 404 g/mol. The maximum absolute atomic E-state index is 13.8. The Morgan fingerprint density at radius 2 is 2.14 bits per heavy atom. The molecule has 10 heteroatoms. The van der Waals surface area contributed by atoms with E-state index in [2.05, 4.69) is 5.10 Å². The predicted octanol–water partition coefficient (Wildman–Crippen LogP) is 4.02. The van der Waals surface area contributed by atoms with Crippen LogP contribution in [0.1, 0.15) is 5.56 Å². The first-order valence-corrected chi connectivity index (χ1v) is 8.62. The minimum atomic E-state index is -0.489. The molecule has 0 bridgehead atoms. The van der Waals surface area contributed by atoms with E-state index in [1.165, 1.54) is 30.0 Å². The largest absolute Gasteiger partial charge is 0.494 e. The molecular weight excluding hydrogens is 387 g/mol. The number of halogens is 1. The summed E-state index contributed by atoms with van der Waals surface area (Å²) in [6.45, 7) is 0.743. The number of aromatic nitrogens is 2. The van der Waals surface area contributed by atoms with Crippen LogP contribution in [0.25, 0.3) is 11.5 Å². The number of ether oxygens (including phenoxy) is 1. The summed E-state index contributed by atoms with van der Waals surface area (Å²) in [7, 11) is 3.24. The molecule has 0 aliphatic carbocycles. The fraction of sp³-hybridized carbons (Fsp3) is 0.222. The molecule has 1 aromatic heterocycles. The van der Waals surface area contributed by atoms with Crippen LogP contribution in [0.4, 0.5) is 10.1 Å². The second kappa shape index (κ2) is 8.28. The van der Waals surface area contributed by atoms with Crippen molar-refractivity contribution in [3.05, 3.63) is 68.8 Å². The Hall–Kier alpha value is -3.11. The molecule has 0 atom stereocenters. The molecule has 0 unspecified atom stereocenters. The summed E-state index contributed by atoms with van der Waals surface area (Å²) in [5, 5.41) is 15.2. The Morgan fingerprint density at radius 1 is 1.36 bits per heavy atom. The molecule has 3 rings (SSSR count). The molecule has 0 amide bonds. The molecule has 0 fully saturated rings. The van der Waals surface area contributed by atoms with Crippen LogP contribution in [0.2, 0.25) is 0 Å². The first-order valence-electron chi connectivity index (χ1n) is 8.21. The number of rotatable bonds is 7. The Bertz CT molecular complexity index is 1070. The van der Waals surface area contributed by atoms with E-state index in [0.717, 1.165) is 5.56 Å². The van der Waals surface area contributed by atoms with Crippen LogP contribution in [-0.4, -0.2) is 33.8 Å². The van der Waals surface area contributed by atoms with Crippen LogP contribution in [0, 0.1) is 20.8 Å². The van der Waals surface area contributed by atoms with Gasteiger partial charge < -0.3 is 9.15 Å². The quantitative estimate of drug-likeness (QED) is 0.334. The number of nitrogens with zero attached hydrogens (tertiary/aromatic N) is 4. The van der Waals surface area contributed by atoms with E-state index in [4.69, 9.17) is 21.4 Å². The predicted molar refractivity (Wildman–Crippen MR) is 102 cm³/mol. The summed E-state index contributed by atoms with van der Waals surface area (Å²) >= 11 is 5.19. The van der Waals surface area contributed by atoms with Crippen LogP contribution in [0.15, 0.2) is 46.9 Å². The number of benzene rings is 2. The van der Waals surface area contributed by atoms with Crippen molar-refractivity contribution in [3.63, 3.8) is 0 Å². The number of nitro groups is 1. The van der Waals surface area contributed by atoms with Gasteiger partial charge in [0.05, 0.1) is 18.7 Å². The van der Waals surface area contributed by atoms with Gasteiger partial charge in [0, 0.05) is 24.2 Å². The molecule has 0 spiro atoms. The molecule has 1 heterocycles. The van der Waals surface area contributed by atoms with Crippen LogP contribution in [-0.2, 0) is 13.2 Å². The standard InChI is InChI=1S/C18H17FN4O4S/c1-21(10-12-6-7-16(26-2)15(19)8-12)11-22-18(28)27-17(20-22)13-4-3-5-14(9-13)23(24)25/h3-9H,10-11H2,1-2H3. The number of hydrogen-bond acceptors (Lipinski definition) is 7. The van der Waals surface area contributed by atoms with Gasteiger partial charge in [-0.25, -0.2) is 9.07 Å². The summed E-state index contributed by atoms with van der Waals surface area (Å²) < 4.78 is 25.7. The van der Waals surface area contributed by atoms with Crippen molar-refractivity contribution in [2.75, 3.05) is 14.2 Å². The van der Waals surface area contributed by atoms with E-state index in [-0.39, 0.29) is 22.2 Å². The van der Waals surface area contributed by atoms with E-state index >= 15 is 0 Å². The molecule has 0 aliphatic heterocycles. The van der Waals surface area contributed by atoms with Crippen LogP contribution < -0.4 is 4.74 Å². The molecule has 0 aliphatic rings. The maximum atomic E-state index is 13.8. The Balaban J connectivity index is 1.74. The molecule has 0 saturated carbocycles. The topological polar surface area (TPSA) is 86.6 Å². The fourth-order valence-electron chi connectivity index (χ4n) is 2.66. The van der Waals surface area contributed by atoms with E-state index in [0.29, 0.717) is 18.8 Å². The van der Waals surface area contributed by atoms with Gasteiger partial charge in [-0.05, 0) is 43.0 Å². The highest BCUT2D eigenvalue weighted by Crippen LogP contribution is 2.23. The molecule has 28 heavy (non-hydrogen) atoms. The molecule has 0 radical (unpaired) electrons. The highest BCUT2D eigenvalue weighted by Gasteiger charge is 2.14. The van der Waals surface area contributed by atoms with E-state index < -0.39 is 10.7 Å².